The smallest absolute Gasteiger partial charge is 0.192 e. The number of aryl methyl sites for hydroxylation is 2. The third kappa shape index (κ3) is 2.85. The lowest BCUT2D eigenvalue weighted by atomic mass is 9.59. The summed E-state index contributed by atoms with van der Waals surface area (Å²) >= 11 is 0. The van der Waals surface area contributed by atoms with E-state index in [9.17, 15) is 0 Å². The predicted octanol–water partition coefficient (Wildman–Crippen LogP) is 7.42. The zero-order valence-electron chi connectivity index (χ0n) is 20.2. The molecule has 30 heavy (non-hydrogen) atoms. The van der Waals surface area contributed by atoms with Crippen LogP contribution in [0.2, 0.25) is 0 Å². The van der Waals surface area contributed by atoms with Crippen LogP contribution in [-0.2, 0) is 17.4 Å². The van der Waals surface area contributed by atoms with Crippen LogP contribution >= 0.6 is 0 Å². The monoisotopic (exact) mass is 400 g/mol. The molecule has 0 saturated heterocycles. The minimum Gasteiger partial charge on any atom is -0.192 e. The topological polar surface area (TPSA) is 3.88 Å². The molecule has 1 aromatic heterocycles. The van der Waals surface area contributed by atoms with Crippen molar-refractivity contribution in [3.8, 4) is 11.3 Å². The van der Waals surface area contributed by atoms with Gasteiger partial charge in [0.1, 0.15) is 0 Å². The highest BCUT2D eigenvalue weighted by molar-refractivity contribution is 5.95. The summed E-state index contributed by atoms with van der Waals surface area (Å²) in [6, 6.07) is 14.3. The molecule has 0 N–H and O–H groups in total. The molecule has 0 spiro atoms. The lowest BCUT2D eigenvalue weighted by Gasteiger charge is -2.47. The minimum absolute atomic E-state index is 0.0341. The van der Waals surface area contributed by atoms with Crippen LogP contribution < -0.4 is 4.57 Å². The molecule has 1 nitrogen and oxygen atoms in total. The van der Waals surface area contributed by atoms with Gasteiger partial charge in [-0.3, -0.25) is 0 Å². The maximum absolute atomic E-state index is 2.62. The van der Waals surface area contributed by atoms with E-state index in [4.69, 9.17) is 0 Å². The molecule has 1 aliphatic heterocycles. The molecule has 0 saturated carbocycles. The van der Waals surface area contributed by atoms with E-state index in [0.717, 1.165) is 19.3 Å². The number of aromatic nitrogens is 1. The lowest BCUT2D eigenvalue weighted by molar-refractivity contribution is -0.764. The van der Waals surface area contributed by atoms with E-state index in [-0.39, 0.29) is 11.0 Å². The predicted molar refractivity (Wildman–Crippen MR) is 129 cm³/mol. The second-order valence-electron chi connectivity index (χ2n) is 10.4. The summed E-state index contributed by atoms with van der Waals surface area (Å²) in [4.78, 5) is 0. The van der Waals surface area contributed by atoms with Crippen LogP contribution in [0.25, 0.3) is 22.0 Å². The Hall–Kier alpha value is -2.15. The molecular formula is C29H38N+. The summed E-state index contributed by atoms with van der Waals surface area (Å²) in [5.41, 5.74) is 8.77. The lowest BCUT2D eigenvalue weighted by Crippen LogP contribution is -2.67. The number of hydrogen-bond donors (Lipinski definition) is 0. The van der Waals surface area contributed by atoms with E-state index in [0.29, 0.717) is 5.92 Å². The van der Waals surface area contributed by atoms with Crippen LogP contribution in [-0.4, -0.2) is 0 Å². The van der Waals surface area contributed by atoms with Crippen molar-refractivity contribution in [1.29, 1.82) is 0 Å². The van der Waals surface area contributed by atoms with Crippen molar-refractivity contribution in [3.05, 3.63) is 64.8 Å². The fraction of sp³-hybridized carbons (Fsp3) is 0.483. The molecule has 0 fully saturated rings. The Labute approximate surface area is 183 Å². The highest BCUT2D eigenvalue weighted by atomic mass is 15.1. The quantitative estimate of drug-likeness (QED) is 0.401. The molecule has 0 amide bonds. The van der Waals surface area contributed by atoms with Gasteiger partial charge in [-0.05, 0) is 73.7 Å². The summed E-state index contributed by atoms with van der Waals surface area (Å²) in [5.74, 6) is 0.663. The van der Waals surface area contributed by atoms with Gasteiger partial charge in [-0.15, -0.1) is 0 Å². The summed E-state index contributed by atoms with van der Waals surface area (Å²) in [6.45, 7) is 18.9. The number of fused-ring (bicyclic) bond motifs is 5. The van der Waals surface area contributed by atoms with Crippen LogP contribution in [0.5, 0.6) is 0 Å². The van der Waals surface area contributed by atoms with Crippen LogP contribution in [0.3, 0.4) is 0 Å². The first-order valence-corrected chi connectivity index (χ1v) is 11.8. The van der Waals surface area contributed by atoms with Crippen molar-refractivity contribution in [1.82, 2.24) is 0 Å². The van der Waals surface area contributed by atoms with Crippen molar-refractivity contribution in [3.63, 3.8) is 0 Å². The highest BCUT2D eigenvalue weighted by Gasteiger charge is 2.57. The largest absolute Gasteiger partial charge is 0.221 e. The molecule has 0 bridgehead atoms. The van der Waals surface area contributed by atoms with Crippen molar-refractivity contribution >= 4 is 10.8 Å². The van der Waals surface area contributed by atoms with Gasteiger partial charge in [0.05, 0.1) is 16.4 Å². The molecule has 2 atom stereocenters. The van der Waals surface area contributed by atoms with Crippen molar-refractivity contribution in [2.24, 2.45) is 5.92 Å². The molecule has 1 heteroatoms. The van der Waals surface area contributed by atoms with E-state index in [1.165, 1.54) is 38.7 Å². The number of nitrogens with zero attached hydrogens (tertiary/aromatic N) is 1. The van der Waals surface area contributed by atoms with Gasteiger partial charge >= 0.3 is 0 Å². The van der Waals surface area contributed by atoms with E-state index < -0.39 is 0 Å². The molecule has 0 radical (unpaired) electrons. The Morgan fingerprint density at radius 1 is 0.933 bits per heavy atom. The Balaban J connectivity index is 2.17. The summed E-state index contributed by atoms with van der Waals surface area (Å²) < 4.78 is 2.62. The Bertz CT molecular complexity index is 1120. The zero-order chi connectivity index (χ0) is 21.8. The average molecular weight is 401 g/mol. The second kappa shape index (κ2) is 7.22. The highest BCUT2D eigenvalue weighted by Crippen LogP contribution is 2.52. The molecular weight excluding hydrogens is 362 g/mol. The molecule has 158 valence electrons. The molecule has 4 rings (SSSR count). The first-order valence-electron chi connectivity index (χ1n) is 11.8. The van der Waals surface area contributed by atoms with Gasteiger partial charge in [-0.2, -0.15) is 4.57 Å². The van der Waals surface area contributed by atoms with Crippen LogP contribution in [0.15, 0.2) is 42.6 Å². The maximum atomic E-state index is 2.62. The van der Waals surface area contributed by atoms with E-state index in [1.807, 2.05) is 0 Å². The summed E-state index contributed by atoms with van der Waals surface area (Å²) in [6.07, 6.45) is 5.73. The SMILES string of the molecule is CCC1(C)c2c(C)cc(C)cc2-c2c3cc(CC(C)C)ccc3cc[n+]2C1(C)CC. The second-order valence-corrected chi connectivity index (χ2v) is 10.4. The van der Waals surface area contributed by atoms with Crippen molar-refractivity contribution in [2.45, 2.75) is 85.6 Å². The molecule has 1 aliphatic rings. The molecule has 2 heterocycles. The third-order valence-electron chi connectivity index (χ3n) is 8.06. The first kappa shape index (κ1) is 21.1. The number of rotatable bonds is 4. The first-order chi connectivity index (χ1) is 14.2. The van der Waals surface area contributed by atoms with E-state index in [2.05, 4.69) is 103 Å². The normalized spacial score (nSPS) is 23.0. The molecule has 2 aromatic carbocycles. The summed E-state index contributed by atoms with van der Waals surface area (Å²) in [5, 5.41) is 2.75. The Morgan fingerprint density at radius 3 is 2.30 bits per heavy atom. The minimum atomic E-state index is 0.0341. The van der Waals surface area contributed by atoms with Crippen LogP contribution in [0.1, 0.15) is 76.6 Å². The van der Waals surface area contributed by atoms with Crippen LogP contribution in [0, 0.1) is 19.8 Å². The summed E-state index contributed by atoms with van der Waals surface area (Å²) in [7, 11) is 0. The van der Waals surface area contributed by atoms with Gasteiger partial charge in [-0.1, -0.05) is 51.5 Å². The Kier molecular flexibility index (Phi) is 5.08. The van der Waals surface area contributed by atoms with Gasteiger partial charge in [0.2, 0.25) is 5.69 Å². The fourth-order valence-electron chi connectivity index (χ4n) is 6.14. The van der Waals surface area contributed by atoms with Crippen molar-refractivity contribution < 1.29 is 4.57 Å². The maximum Gasteiger partial charge on any atom is 0.221 e. The zero-order valence-corrected chi connectivity index (χ0v) is 20.2. The van der Waals surface area contributed by atoms with Gasteiger partial charge in [-0.25, -0.2) is 0 Å². The average Bonchev–Trinajstić information content (AvgIpc) is 2.70. The molecule has 0 aliphatic carbocycles. The number of benzene rings is 2. The van der Waals surface area contributed by atoms with Gasteiger partial charge in [0.15, 0.2) is 11.7 Å². The third-order valence-corrected chi connectivity index (χ3v) is 8.06. The molecule has 3 aromatic rings. The Morgan fingerprint density at radius 2 is 1.67 bits per heavy atom. The van der Waals surface area contributed by atoms with Gasteiger partial charge in [0.25, 0.3) is 0 Å². The van der Waals surface area contributed by atoms with Gasteiger partial charge < -0.3 is 0 Å². The van der Waals surface area contributed by atoms with Gasteiger partial charge in [0, 0.05) is 19.4 Å². The van der Waals surface area contributed by atoms with Crippen LogP contribution in [0.4, 0.5) is 0 Å². The van der Waals surface area contributed by atoms with E-state index >= 15 is 0 Å². The fourth-order valence-corrected chi connectivity index (χ4v) is 6.14. The van der Waals surface area contributed by atoms with E-state index in [1.54, 1.807) is 5.56 Å². The molecule has 2 unspecified atom stereocenters. The standard InChI is InChI=1S/C29H38N/c1-9-28(7)26-21(6)16-20(5)17-25(26)27-24-18-22(15-19(3)4)11-12-23(24)13-14-30(27)29(28,8)10-2/h11-14,16-19H,9-10,15H2,1-8H3/q+1. The number of pyridine rings is 1. The number of hydrogen-bond acceptors (Lipinski definition) is 0. The van der Waals surface area contributed by atoms with Crippen molar-refractivity contribution in [2.75, 3.05) is 0 Å².